The van der Waals surface area contributed by atoms with E-state index in [2.05, 4.69) is 53.1 Å². The summed E-state index contributed by atoms with van der Waals surface area (Å²) in [5, 5.41) is 9.58. The third kappa shape index (κ3) is 3.38. The van der Waals surface area contributed by atoms with Gasteiger partial charge in [0.1, 0.15) is 0 Å². The number of hydrogen-bond acceptors (Lipinski definition) is 1. The Balaban J connectivity index is 1.68. The van der Waals surface area contributed by atoms with Crippen LogP contribution in [0, 0.1) is 0 Å². The molecule has 0 saturated carbocycles. The average Bonchev–Trinajstić information content (AvgIpc) is 2.54. The van der Waals surface area contributed by atoms with Gasteiger partial charge in [0.15, 0.2) is 5.11 Å². The number of para-hydroxylation sites is 1. The van der Waals surface area contributed by atoms with Gasteiger partial charge in [-0.05, 0) is 40.7 Å². The third-order valence-electron chi connectivity index (χ3n) is 3.35. The van der Waals surface area contributed by atoms with Crippen molar-refractivity contribution in [1.29, 1.82) is 0 Å². The van der Waals surface area contributed by atoms with Crippen LogP contribution in [0.5, 0.6) is 0 Å². The average molecular weight is 292 g/mol. The van der Waals surface area contributed by atoms with E-state index in [4.69, 9.17) is 12.2 Å². The zero-order valence-electron chi connectivity index (χ0n) is 11.5. The fraction of sp³-hybridized carbons (Fsp3) is 0.0556. The van der Waals surface area contributed by atoms with E-state index in [0.717, 1.165) is 5.69 Å². The lowest BCUT2D eigenvalue weighted by Gasteiger charge is -2.12. The normalized spacial score (nSPS) is 10.3. The van der Waals surface area contributed by atoms with Crippen molar-refractivity contribution in [1.82, 2.24) is 5.32 Å². The molecule has 0 spiro atoms. The minimum atomic E-state index is 0.633. The predicted molar refractivity (Wildman–Crippen MR) is 93.5 cm³/mol. The largest absolute Gasteiger partial charge is 0.358 e. The van der Waals surface area contributed by atoms with Crippen molar-refractivity contribution < 1.29 is 0 Å². The molecule has 2 nitrogen and oxygen atoms in total. The minimum absolute atomic E-state index is 0.633. The molecule has 0 aliphatic heterocycles. The van der Waals surface area contributed by atoms with Crippen molar-refractivity contribution in [2.75, 3.05) is 5.32 Å². The van der Waals surface area contributed by atoms with Crippen molar-refractivity contribution in [3.63, 3.8) is 0 Å². The highest BCUT2D eigenvalue weighted by Crippen LogP contribution is 2.18. The predicted octanol–water partition coefficient (Wildman–Crippen LogP) is 4.33. The van der Waals surface area contributed by atoms with Crippen molar-refractivity contribution in [2.24, 2.45) is 0 Å². The molecule has 0 radical (unpaired) electrons. The summed E-state index contributed by atoms with van der Waals surface area (Å²) >= 11 is 5.34. The van der Waals surface area contributed by atoms with Crippen LogP contribution in [0.3, 0.4) is 0 Å². The lowest BCUT2D eigenvalue weighted by atomic mass is 10.0. The van der Waals surface area contributed by atoms with Gasteiger partial charge in [0.25, 0.3) is 0 Å². The number of benzene rings is 3. The zero-order chi connectivity index (χ0) is 14.5. The van der Waals surface area contributed by atoms with E-state index < -0.39 is 0 Å². The molecule has 0 fully saturated rings. The van der Waals surface area contributed by atoms with Crippen LogP contribution in [0.15, 0.2) is 72.8 Å². The molecule has 104 valence electrons. The summed E-state index contributed by atoms with van der Waals surface area (Å²) in [5.74, 6) is 0. The second-order valence-corrected chi connectivity index (χ2v) is 5.22. The van der Waals surface area contributed by atoms with Gasteiger partial charge in [-0.3, -0.25) is 0 Å². The summed E-state index contributed by atoms with van der Waals surface area (Å²) in [6, 6.07) is 24.6. The molecule has 3 aromatic rings. The standard InChI is InChI=1S/C18H16N2S/c21-18(20-16-10-2-1-3-11-16)19-13-15-9-6-8-14-7-4-5-12-17(14)15/h1-12H,13H2,(H2,19,20,21). The maximum Gasteiger partial charge on any atom is 0.171 e. The van der Waals surface area contributed by atoms with Gasteiger partial charge in [-0.25, -0.2) is 0 Å². The number of fused-ring (bicyclic) bond motifs is 1. The Morgan fingerprint density at radius 1 is 0.810 bits per heavy atom. The molecule has 0 aromatic heterocycles. The number of rotatable bonds is 3. The van der Waals surface area contributed by atoms with Crippen molar-refractivity contribution >= 4 is 33.8 Å². The highest BCUT2D eigenvalue weighted by Gasteiger charge is 2.01. The fourth-order valence-electron chi connectivity index (χ4n) is 2.32. The van der Waals surface area contributed by atoms with Crippen LogP contribution in [0.25, 0.3) is 10.8 Å². The molecule has 21 heavy (non-hydrogen) atoms. The summed E-state index contributed by atoms with van der Waals surface area (Å²) < 4.78 is 0. The van der Waals surface area contributed by atoms with Crippen LogP contribution >= 0.6 is 12.2 Å². The van der Waals surface area contributed by atoms with Crippen LogP contribution in [-0.4, -0.2) is 5.11 Å². The number of anilines is 1. The summed E-state index contributed by atoms with van der Waals surface area (Å²) in [6.07, 6.45) is 0. The van der Waals surface area contributed by atoms with E-state index >= 15 is 0 Å². The van der Waals surface area contributed by atoms with Gasteiger partial charge in [-0.15, -0.1) is 0 Å². The monoisotopic (exact) mass is 292 g/mol. The second kappa shape index (κ2) is 6.37. The topological polar surface area (TPSA) is 24.1 Å². The minimum Gasteiger partial charge on any atom is -0.358 e. The Hall–Kier alpha value is -2.39. The highest BCUT2D eigenvalue weighted by molar-refractivity contribution is 7.80. The van der Waals surface area contributed by atoms with Crippen LogP contribution in [0.2, 0.25) is 0 Å². The maximum atomic E-state index is 5.34. The Labute approximate surface area is 129 Å². The van der Waals surface area contributed by atoms with Crippen LogP contribution in [-0.2, 0) is 6.54 Å². The highest BCUT2D eigenvalue weighted by atomic mass is 32.1. The molecule has 0 aliphatic carbocycles. The molecular formula is C18H16N2S. The van der Waals surface area contributed by atoms with E-state index in [0.29, 0.717) is 11.7 Å². The molecule has 0 bridgehead atoms. The molecule has 0 amide bonds. The van der Waals surface area contributed by atoms with Crippen LogP contribution in [0.4, 0.5) is 5.69 Å². The first-order chi connectivity index (χ1) is 10.3. The Bertz CT molecular complexity index is 748. The van der Waals surface area contributed by atoms with Crippen molar-refractivity contribution in [3.05, 3.63) is 78.4 Å². The van der Waals surface area contributed by atoms with Gasteiger partial charge in [-0.1, -0.05) is 60.7 Å². The molecule has 0 unspecified atom stereocenters. The smallest absolute Gasteiger partial charge is 0.171 e. The van der Waals surface area contributed by atoms with Gasteiger partial charge in [-0.2, -0.15) is 0 Å². The SMILES string of the molecule is S=C(NCc1cccc2ccccc12)Nc1ccccc1. The van der Waals surface area contributed by atoms with Gasteiger partial charge in [0.05, 0.1) is 0 Å². The maximum absolute atomic E-state index is 5.34. The molecule has 0 heterocycles. The molecule has 0 atom stereocenters. The summed E-state index contributed by atoms with van der Waals surface area (Å²) in [7, 11) is 0. The summed E-state index contributed by atoms with van der Waals surface area (Å²) in [5.41, 5.74) is 2.23. The van der Waals surface area contributed by atoms with E-state index in [9.17, 15) is 0 Å². The molecule has 0 saturated heterocycles. The molecule has 3 aromatic carbocycles. The van der Waals surface area contributed by atoms with Gasteiger partial charge >= 0.3 is 0 Å². The Morgan fingerprint density at radius 3 is 2.38 bits per heavy atom. The van der Waals surface area contributed by atoms with E-state index in [1.54, 1.807) is 0 Å². The first-order valence-electron chi connectivity index (χ1n) is 6.89. The van der Waals surface area contributed by atoms with Gasteiger partial charge in [0, 0.05) is 12.2 Å². The first kappa shape index (κ1) is 13.6. The number of nitrogens with one attached hydrogen (secondary N) is 2. The van der Waals surface area contributed by atoms with E-state index in [1.807, 2.05) is 30.3 Å². The second-order valence-electron chi connectivity index (χ2n) is 4.81. The quantitative estimate of drug-likeness (QED) is 0.703. The van der Waals surface area contributed by atoms with Crippen molar-refractivity contribution in [3.8, 4) is 0 Å². The van der Waals surface area contributed by atoms with Gasteiger partial charge < -0.3 is 10.6 Å². The Morgan fingerprint density at radius 2 is 1.52 bits per heavy atom. The molecule has 0 aliphatic rings. The molecular weight excluding hydrogens is 276 g/mol. The lowest BCUT2D eigenvalue weighted by Crippen LogP contribution is -2.27. The number of thiocarbonyl (C=S) groups is 1. The summed E-state index contributed by atoms with van der Waals surface area (Å²) in [6.45, 7) is 0.708. The van der Waals surface area contributed by atoms with Crippen molar-refractivity contribution in [2.45, 2.75) is 6.54 Å². The number of hydrogen-bond donors (Lipinski definition) is 2. The first-order valence-corrected chi connectivity index (χ1v) is 7.30. The third-order valence-corrected chi connectivity index (χ3v) is 3.60. The van der Waals surface area contributed by atoms with Crippen LogP contribution < -0.4 is 10.6 Å². The Kier molecular flexibility index (Phi) is 4.12. The van der Waals surface area contributed by atoms with Gasteiger partial charge in [0.2, 0.25) is 0 Å². The molecule has 2 N–H and O–H groups in total. The fourth-order valence-corrected chi connectivity index (χ4v) is 2.51. The lowest BCUT2D eigenvalue weighted by molar-refractivity contribution is 0.934. The summed E-state index contributed by atoms with van der Waals surface area (Å²) in [4.78, 5) is 0. The van der Waals surface area contributed by atoms with E-state index in [-0.39, 0.29) is 0 Å². The molecule has 3 heteroatoms. The van der Waals surface area contributed by atoms with E-state index in [1.165, 1.54) is 16.3 Å². The molecule has 3 rings (SSSR count). The van der Waals surface area contributed by atoms with Crippen LogP contribution in [0.1, 0.15) is 5.56 Å². The zero-order valence-corrected chi connectivity index (χ0v) is 12.4.